The molecule has 2 aromatic carbocycles. The first kappa shape index (κ1) is 31.2. The van der Waals surface area contributed by atoms with Crippen LogP contribution in [0.3, 0.4) is 0 Å². The molecule has 0 aliphatic heterocycles. The molecule has 0 aliphatic rings. The van der Waals surface area contributed by atoms with Gasteiger partial charge in [0, 0.05) is 7.05 Å². The maximum absolute atomic E-state index is 13.1. The topological polar surface area (TPSA) is 140 Å². The Bertz CT molecular complexity index is 1180. The van der Waals surface area contributed by atoms with Crippen molar-refractivity contribution in [1.82, 2.24) is 9.88 Å². The van der Waals surface area contributed by atoms with Crippen molar-refractivity contribution in [2.75, 3.05) is 13.6 Å². The molecule has 0 fully saturated rings. The number of amides is 1. The minimum absolute atomic E-state index is 0.112. The minimum Gasteiger partial charge on any atom is -0.475 e. The molecule has 206 valence electrons. The quantitative estimate of drug-likeness (QED) is 0.310. The molecule has 0 aliphatic carbocycles. The van der Waals surface area contributed by atoms with Gasteiger partial charge in [0.05, 0.1) is 16.3 Å². The van der Waals surface area contributed by atoms with E-state index < -0.39 is 24.2 Å². The average molecular weight is 571 g/mol. The summed E-state index contributed by atoms with van der Waals surface area (Å²) >= 11 is 2.57. The summed E-state index contributed by atoms with van der Waals surface area (Å²) in [5, 5.41) is 7.01. The SMILES string of the molecule is CN(C(=O)[C@@H](N)CCc1ccccc1)[C@@H](CCCN)C(=O)Sc1nc2ccccc2s1.O=C(O)C(F)(F)F. The van der Waals surface area contributed by atoms with Crippen molar-refractivity contribution in [2.45, 2.75) is 48.3 Å². The number of aliphatic carboxylic acids is 1. The number of hydrogen-bond donors (Lipinski definition) is 3. The predicted molar refractivity (Wildman–Crippen MR) is 142 cm³/mol. The van der Waals surface area contributed by atoms with Gasteiger partial charge in [-0.05, 0) is 61.7 Å². The zero-order chi connectivity index (χ0) is 28.3. The van der Waals surface area contributed by atoms with E-state index in [9.17, 15) is 22.8 Å². The molecule has 0 saturated carbocycles. The molecule has 1 heterocycles. The van der Waals surface area contributed by atoms with E-state index in [2.05, 4.69) is 4.98 Å². The fraction of sp³-hybridized carbons (Fsp3) is 0.360. The number of carbonyl (C=O) groups excluding carboxylic acids is 2. The molecule has 0 bridgehead atoms. The lowest BCUT2D eigenvalue weighted by molar-refractivity contribution is -0.192. The number of nitrogens with zero attached hydrogens (tertiary/aromatic N) is 2. The van der Waals surface area contributed by atoms with Crippen molar-refractivity contribution in [3.8, 4) is 0 Å². The monoisotopic (exact) mass is 570 g/mol. The zero-order valence-corrected chi connectivity index (χ0v) is 22.2. The van der Waals surface area contributed by atoms with Crippen LogP contribution in [0, 0.1) is 0 Å². The molecule has 8 nitrogen and oxygen atoms in total. The first-order chi connectivity index (χ1) is 17.9. The average Bonchev–Trinajstić information content (AvgIpc) is 3.29. The molecule has 0 spiro atoms. The Labute approximate surface area is 226 Å². The second-order valence-electron chi connectivity index (χ2n) is 8.20. The standard InChI is InChI=1S/C23H28N4O2S2.C2HF3O2/c1-27(21(28)17(25)14-13-16-8-3-2-4-9-16)19(11-7-15-24)22(29)31-23-26-18-10-5-6-12-20(18)30-23;3-2(4,5)1(6)7/h2-6,8-10,12,17,19H,7,11,13-15,24-25H2,1H3;(H,6,7)/t17-,19-;/m0./s1. The number of benzene rings is 2. The molecule has 1 amide bonds. The second kappa shape index (κ2) is 14.8. The highest BCUT2D eigenvalue weighted by Crippen LogP contribution is 2.31. The smallest absolute Gasteiger partial charge is 0.475 e. The number of likely N-dealkylation sites (N-methyl/N-ethyl adjacent to an activating group) is 1. The van der Waals surface area contributed by atoms with Gasteiger partial charge in [0.1, 0.15) is 6.04 Å². The first-order valence-corrected chi connectivity index (χ1v) is 13.2. The summed E-state index contributed by atoms with van der Waals surface area (Å²) < 4.78 is 33.4. The molecule has 3 aromatic rings. The second-order valence-corrected chi connectivity index (χ2v) is 10.5. The van der Waals surface area contributed by atoms with E-state index in [0.717, 1.165) is 27.5 Å². The van der Waals surface area contributed by atoms with Crippen molar-refractivity contribution < 1.29 is 32.7 Å². The summed E-state index contributed by atoms with van der Waals surface area (Å²) in [7, 11) is 1.66. The molecule has 1 aromatic heterocycles. The molecule has 2 atom stereocenters. The van der Waals surface area contributed by atoms with Gasteiger partial charge >= 0.3 is 12.1 Å². The Morgan fingerprint density at radius 3 is 2.26 bits per heavy atom. The molecule has 0 saturated heterocycles. The summed E-state index contributed by atoms with van der Waals surface area (Å²) in [6.45, 7) is 0.456. The largest absolute Gasteiger partial charge is 0.490 e. The number of carbonyl (C=O) groups is 3. The predicted octanol–water partition coefficient (Wildman–Crippen LogP) is 4.07. The van der Waals surface area contributed by atoms with Crippen LogP contribution in [0.2, 0.25) is 0 Å². The number of halogens is 3. The molecule has 13 heteroatoms. The summed E-state index contributed by atoms with van der Waals surface area (Å²) in [5.41, 5.74) is 13.9. The third-order valence-electron chi connectivity index (χ3n) is 5.38. The van der Waals surface area contributed by atoms with Crippen LogP contribution in [0.1, 0.15) is 24.8 Å². The van der Waals surface area contributed by atoms with E-state index in [1.165, 1.54) is 16.2 Å². The maximum atomic E-state index is 13.1. The molecule has 5 N–H and O–H groups in total. The first-order valence-electron chi connectivity index (χ1n) is 11.6. The number of carboxylic acid groups (broad SMARTS) is 1. The Morgan fingerprint density at radius 1 is 1.08 bits per heavy atom. The van der Waals surface area contributed by atoms with Crippen molar-refractivity contribution in [1.29, 1.82) is 0 Å². The Morgan fingerprint density at radius 2 is 1.68 bits per heavy atom. The van der Waals surface area contributed by atoms with Crippen LogP contribution >= 0.6 is 23.1 Å². The molecule has 38 heavy (non-hydrogen) atoms. The number of thioether (sulfide) groups is 1. The number of alkyl halides is 3. The number of carboxylic acids is 1. The lowest BCUT2D eigenvalue weighted by Crippen LogP contribution is -2.49. The highest BCUT2D eigenvalue weighted by molar-refractivity contribution is 8.15. The fourth-order valence-electron chi connectivity index (χ4n) is 3.34. The maximum Gasteiger partial charge on any atom is 0.490 e. The highest BCUT2D eigenvalue weighted by atomic mass is 32.2. The normalized spacial score (nSPS) is 12.8. The molecule has 0 unspecified atom stereocenters. The number of fused-ring (bicyclic) bond motifs is 1. The van der Waals surface area contributed by atoms with Crippen LogP contribution in [0.25, 0.3) is 10.2 Å². The summed E-state index contributed by atoms with van der Waals surface area (Å²) in [6.07, 6.45) is -2.70. The van der Waals surface area contributed by atoms with Crippen LogP contribution < -0.4 is 11.5 Å². The van der Waals surface area contributed by atoms with Gasteiger partial charge in [0.15, 0.2) is 4.34 Å². The number of aromatic nitrogens is 1. The van der Waals surface area contributed by atoms with E-state index in [0.29, 0.717) is 36.6 Å². The van der Waals surface area contributed by atoms with E-state index in [4.69, 9.17) is 21.4 Å². The van der Waals surface area contributed by atoms with Crippen molar-refractivity contribution in [3.63, 3.8) is 0 Å². The Balaban J connectivity index is 0.000000638. The fourth-order valence-corrected chi connectivity index (χ4v) is 5.44. The van der Waals surface area contributed by atoms with Crippen molar-refractivity contribution >= 4 is 50.3 Å². The van der Waals surface area contributed by atoms with E-state index in [-0.39, 0.29) is 11.0 Å². The summed E-state index contributed by atoms with van der Waals surface area (Å²) in [5.74, 6) is -2.98. The summed E-state index contributed by atoms with van der Waals surface area (Å²) in [4.78, 5) is 41.0. The van der Waals surface area contributed by atoms with E-state index >= 15 is 0 Å². The van der Waals surface area contributed by atoms with Gasteiger partial charge in [0.25, 0.3) is 0 Å². The number of rotatable bonds is 10. The molecule has 3 rings (SSSR count). The van der Waals surface area contributed by atoms with Crippen LogP contribution in [0.15, 0.2) is 58.9 Å². The third-order valence-corrected chi connectivity index (χ3v) is 7.45. The molecule has 0 radical (unpaired) electrons. The number of nitrogens with two attached hydrogens (primary N) is 2. The number of aryl methyl sites for hydroxylation is 1. The summed E-state index contributed by atoms with van der Waals surface area (Å²) in [6, 6.07) is 16.5. The van der Waals surface area contributed by atoms with Crippen LogP contribution in [0.5, 0.6) is 0 Å². The number of hydrogen-bond acceptors (Lipinski definition) is 8. The van der Waals surface area contributed by atoms with Gasteiger partial charge in [-0.15, -0.1) is 11.3 Å². The molecular formula is C25H29F3N4O4S2. The van der Waals surface area contributed by atoms with Gasteiger partial charge in [-0.2, -0.15) is 13.2 Å². The lowest BCUT2D eigenvalue weighted by Gasteiger charge is -2.29. The van der Waals surface area contributed by atoms with Crippen LogP contribution in [-0.4, -0.2) is 63.8 Å². The van der Waals surface area contributed by atoms with Gasteiger partial charge in [0.2, 0.25) is 11.0 Å². The van der Waals surface area contributed by atoms with Crippen LogP contribution in [0.4, 0.5) is 13.2 Å². The lowest BCUT2D eigenvalue weighted by atomic mass is 10.0. The van der Waals surface area contributed by atoms with Crippen molar-refractivity contribution in [2.24, 2.45) is 11.5 Å². The zero-order valence-electron chi connectivity index (χ0n) is 20.6. The van der Waals surface area contributed by atoms with Gasteiger partial charge in [-0.3, -0.25) is 9.59 Å². The molecular weight excluding hydrogens is 541 g/mol. The van der Waals surface area contributed by atoms with Gasteiger partial charge < -0.3 is 21.5 Å². The highest BCUT2D eigenvalue weighted by Gasteiger charge is 2.38. The Hall–Kier alpha value is -3.00. The number of para-hydroxylation sites is 1. The van der Waals surface area contributed by atoms with E-state index in [1.807, 2.05) is 54.6 Å². The van der Waals surface area contributed by atoms with Gasteiger partial charge in [-0.25, -0.2) is 9.78 Å². The van der Waals surface area contributed by atoms with Gasteiger partial charge in [-0.1, -0.05) is 42.5 Å². The van der Waals surface area contributed by atoms with Crippen molar-refractivity contribution in [3.05, 3.63) is 60.2 Å². The third kappa shape index (κ3) is 9.71. The number of thiazole rings is 1. The van der Waals surface area contributed by atoms with E-state index in [1.54, 1.807) is 7.05 Å². The minimum atomic E-state index is -5.08. The van der Waals surface area contributed by atoms with Crippen LogP contribution in [-0.2, 0) is 20.8 Å². The Kier molecular flexibility index (Phi) is 12.2.